The summed E-state index contributed by atoms with van der Waals surface area (Å²) in [5.41, 5.74) is 2.56. The molecule has 0 aliphatic heterocycles. The van der Waals surface area contributed by atoms with Crippen molar-refractivity contribution >= 4 is 32.3 Å². The third-order valence-electron chi connectivity index (χ3n) is 5.53. The number of fused-ring (bicyclic) bond motifs is 2. The zero-order chi connectivity index (χ0) is 21.5. The van der Waals surface area contributed by atoms with Crippen LogP contribution in [0.3, 0.4) is 0 Å². The van der Waals surface area contributed by atoms with Gasteiger partial charge in [0.1, 0.15) is 16.5 Å². The highest BCUT2D eigenvalue weighted by Gasteiger charge is 2.19. The van der Waals surface area contributed by atoms with E-state index in [1.54, 1.807) is 10.6 Å². The van der Waals surface area contributed by atoms with Crippen LogP contribution in [0.15, 0.2) is 76.9 Å². The summed E-state index contributed by atoms with van der Waals surface area (Å²) in [6.07, 6.45) is 0. The first-order chi connectivity index (χ1) is 15.0. The molecule has 0 atom stereocenters. The maximum Gasteiger partial charge on any atom is 0.263 e. The molecule has 0 bridgehead atoms. The lowest BCUT2D eigenvalue weighted by Crippen LogP contribution is -2.26. The summed E-state index contributed by atoms with van der Waals surface area (Å²) in [7, 11) is 0. The average Bonchev–Trinajstić information content (AvgIpc) is 3.19. The van der Waals surface area contributed by atoms with E-state index < -0.39 is 0 Å². The van der Waals surface area contributed by atoms with Crippen molar-refractivity contribution in [2.24, 2.45) is 0 Å². The standard InChI is InChI=1S/C26H21FN2OS/c1-16(2)24-28-25-23(26(30)29(24)14-17-6-5-9-21(27)12-17)22(15-31-25)20-11-10-18-7-3-4-8-19(18)13-20/h3-13,15-16H,14H2,1-2H3. The second-order valence-corrected chi connectivity index (χ2v) is 8.90. The molecule has 154 valence electrons. The minimum atomic E-state index is -0.307. The molecule has 5 aromatic rings. The van der Waals surface area contributed by atoms with E-state index in [1.807, 2.05) is 37.4 Å². The van der Waals surface area contributed by atoms with Crippen LogP contribution in [0.5, 0.6) is 0 Å². The summed E-state index contributed by atoms with van der Waals surface area (Å²) >= 11 is 1.49. The Balaban J connectivity index is 1.72. The molecule has 0 N–H and O–H groups in total. The van der Waals surface area contributed by atoms with Gasteiger partial charge < -0.3 is 0 Å². The predicted octanol–water partition coefficient (Wildman–Crippen LogP) is 6.59. The molecule has 0 aliphatic carbocycles. The van der Waals surface area contributed by atoms with Crippen LogP contribution in [0.2, 0.25) is 0 Å². The second-order valence-electron chi connectivity index (χ2n) is 8.04. The second kappa shape index (κ2) is 7.75. The Hall–Kier alpha value is -3.31. The summed E-state index contributed by atoms with van der Waals surface area (Å²) in [4.78, 5) is 19.3. The lowest BCUT2D eigenvalue weighted by Gasteiger charge is -2.15. The molecule has 0 fully saturated rings. The van der Waals surface area contributed by atoms with Crippen LogP contribution in [0.1, 0.15) is 31.2 Å². The Kier molecular flexibility index (Phi) is 4.91. The zero-order valence-electron chi connectivity index (χ0n) is 17.3. The number of aromatic nitrogens is 2. The SMILES string of the molecule is CC(C)c1nc2scc(-c3ccc4ccccc4c3)c2c(=O)n1Cc1cccc(F)c1. The highest BCUT2D eigenvalue weighted by molar-refractivity contribution is 7.17. The van der Waals surface area contributed by atoms with Crippen LogP contribution in [-0.2, 0) is 6.54 Å². The van der Waals surface area contributed by atoms with Crippen molar-refractivity contribution in [2.45, 2.75) is 26.3 Å². The highest BCUT2D eigenvalue weighted by Crippen LogP contribution is 2.33. The number of benzene rings is 3. The monoisotopic (exact) mass is 428 g/mol. The molecule has 2 heterocycles. The van der Waals surface area contributed by atoms with E-state index in [9.17, 15) is 9.18 Å². The first-order valence-corrected chi connectivity index (χ1v) is 11.1. The van der Waals surface area contributed by atoms with Gasteiger partial charge in [-0.1, -0.05) is 62.4 Å². The summed E-state index contributed by atoms with van der Waals surface area (Å²) in [6.45, 7) is 4.33. The Morgan fingerprint density at radius 1 is 1.00 bits per heavy atom. The molecule has 5 heteroatoms. The lowest BCUT2D eigenvalue weighted by atomic mass is 10.0. The number of hydrogen-bond acceptors (Lipinski definition) is 3. The molecular formula is C26H21FN2OS. The molecule has 31 heavy (non-hydrogen) atoms. The number of halogens is 1. The molecule has 0 saturated carbocycles. The van der Waals surface area contributed by atoms with Crippen molar-refractivity contribution in [1.29, 1.82) is 0 Å². The summed E-state index contributed by atoms with van der Waals surface area (Å²) < 4.78 is 15.4. The van der Waals surface area contributed by atoms with Gasteiger partial charge in [-0.2, -0.15) is 0 Å². The zero-order valence-corrected chi connectivity index (χ0v) is 18.1. The number of rotatable bonds is 4. The quantitative estimate of drug-likeness (QED) is 0.324. The minimum absolute atomic E-state index is 0.0666. The highest BCUT2D eigenvalue weighted by atomic mass is 32.1. The van der Waals surface area contributed by atoms with Crippen molar-refractivity contribution in [2.75, 3.05) is 0 Å². The van der Waals surface area contributed by atoms with Gasteiger partial charge in [0.2, 0.25) is 0 Å². The fourth-order valence-corrected chi connectivity index (χ4v) is 4.97. The van der Waals surface area contributed by atoms with Crippen LogP contribution in [0.25, 0.3) is 32.1 Å². The first kappa shape index (κ1) is 19.6. The van der Waals surface area contributed by atoms with Gasteiger partial charge in [-0.15, -0.1) is 11.3 Å². The molecule has 5 rings (SSSR count). The van der Waals surface area contributed by atoms with Gasteiger partial charge in [0.05, 0.1) is 11.9 Å². The molecule has 0 unspecified atom stereocenters. The Labute approximate surface area is 183 Å². The first-order valence-electron chi connectivity index (χ1n) is 10.3. The molecule has 0 radical (unpaired) electrons. The molecule has 0 aliphatic rings. The Morgan fingerprint density at radius 2 is 1.81 bits per heavy atom. The van der Waals surface area contributed by atoms with E-state index >= 15 is 0 Å². The van der Waals surface area contributed by atoms with Crippen molar-refractivity contribution in [1.82, 2.24) is 9.55 Å². The van der Waals surface area contributed by atoms with Gasteiger partial charge in [-0.3, -0.25) is 9.36 Å². The van der Waals surface area contributed by atoms with Crippen molar-refractivity contribution in [3.63, 3.8) is 0 Å². The maximum absolute atomic E-state index is 13.7. The largest absolute Gasteiger partial charge is 0.291 e. The van der Waals surface area contributed by atoms with Crippen LogP contribution in [0, 0.1) is 5.82 Å². The molecule has 0 spiro atoms. The van der Waals surface area contributed by atoms with E-state index in [2.05, 4.69) is 30.3 Å². The van der Waals surface area contributed by atoms with E-state index in [4.69, 9.17) is 4.98 Å². The van der Waals surface area contributed by atoms with Gasteiger partial charge >= 0.3 is 0 Å². The average molecular weight is 429 g/mol. The number of hydrogen-bond donors (Lipinski definition) is 0. The van der Waals surface area contributed by atoms with Crippen LogP contribution >= 0.6 is 11.3 Å². The smallest absolute Gasteiger partial charge is 0.263 e. The maximum atomic E-state index is 13.7. The fraction of sp³-hybridized carbons (Fsp3) is 0.154. The van der Waals surface area contributed by atoms with E-state index in [-0.39, 0.29) is 17.3 Å². The molecule has 0 amide bonds. The van der Waals surface area contributed by atoms with E-state index in [1.165, 1.54) is 23.5 Å². The fourth-order valence-electron chi connectivity index (χ4n) is 4.02. The summed E-state index contributed by atoms with van der Waals surface area (Å²) in [5.74, 6) is 0.476. The summed E-state index contributed by atoms with van der Waals surface area (Å²) in [6, 6.07) is 20.8. The van der Waals surface area contributed by atoms with Gasteiger partial charge in [0.25, 0.3) is 5.56 Å². The van der Waals surface area contributed by atoms with E-state index in [0.717, 1.165) is 32.3 Å². The van der Waals surface area contributed by atoms with Crippen LogP contribution in [0.4, 0.5) is 4.39 Å². The third-order valence-corrected chi connectivity index (χ3v) is 6.40. The van der Waals surface area contributed by atoms with Crippen molar-refractivity contribution in [3.05, 3.63) is 99.7 Å². The Bertz CT molecular complexity index is 1480. The molecule has 3 aromatic carbocycles. The molecule has 3 nitrogen and oxygen atoms in total. The minimum Gasteiger partial charge on any atom is -0.291 e. The van der Waals surface area contributed by atoms with Crippen LogP contribution in [-0.4, -0.2) is 9.55 Å². The van der Waals surface area contributed by atoms with Gasteiger partial charge in [-0.25, -0.2) is 9.37 Å². The molecule has 2 aromatic heterocycles. The predicted molar refractivity (Wildman–Crippen MR) is 126 cm³/mol. The van der Waals surface area contributed by atoms with Crippen LogP contribution < -0.4 is 5.56 Å². The van der Waals surface area contributed by atoms with Crippen molar-refractivity contribution < 1.29 is 4.39 Å². The Morgan fingerprint density at radius 3 is 2.58 bits per heavy atom. The molecular weight excluding hydrogens is 407 g/mol. The molecule has 0 saturated heterocycles. The van der Waals surface area contributed by atoms with Gasteiger partial charge in [0.15, 0.2) is 0 Å². The van der Waals surface area contributed by atoms with Crippen molar-refractivity contribution in [3.8, 4) is 11.1 Å². The normalized spacial score (nSPS) is 11.6. The lowest BCUT2D eigenvalue weighted by molar-refractivity contribution is 0.612. The topological polar surface area (TPSA) is 34.9 Å². The number of nitrogens with zero attached hydrogens (tertiary/aromatic N) is 2. The summed E-state index contributed by atoms with van der Waals surface area (Å²) in [5, 5.41) is 4.93. The van der Waals surface area contributed by atoms with Gasteiger partial charge in [-0.05, 0) is 40.1 Å². The van der Waals surface area contributed by atoms with Gasteiger partial charge in [0, 0.05) is 16.9 Å². The number of thiophene rings is 1. The van der Waals surface area contributed by atoms with E-state index in [0.29, 0.717) is 17.8 Å². The third kappa shape index (κ3) is 3.55.